The number of fused-ring (bicyclic) bond motifs is 2. The van der Waals surface area contributed by atoms with Crippen LogP contribution in [0.5, 0.6) is 0 Å². The first-order valence-electron chi connectivity index (χ1n) is 8.07. The average Bonchev–Trinajstić information content (AvgIpc) is 3.12. The highest BCUT2D eigenvalue weighted by molar-refractivity contribution is 7.22. The van der Waals surface area contributed by atoms with E-state index in [0.29, 0.717) is 20.5 Å². The number of carbonyl (C=O) groups is 2. The zero-order chi connectivity index (χ0) is 18.4. The number of hydrogen-bond donors (Lipinski definition) is 2. The number of primary amides is 1. The minimum atomic E-state index is -0.509. The number of likely N-dealkylation sites (N-methyl/N-ethyl adjacent to an activating group) is 1. The van der Waals surface area contributed by atoms with Gasteiger partial charge in [0, 0.05) is 28.1 Å². The molecule has 3 heterocycles. The quantitative estimate of drug-likeness (QED) is 0.632. The fourth-order valence-electron chi connectivity index (χ4n) is 3.20. The van der Waals surface area contributed by atoms with Gasteiger partial charge in [0.05, 0.1) is 10.6 Å². The molecule has 0 saturated carbocycles. The summed E-state index contributed by atoms with van der Waals surface area (Å²) >= 11 is 9.15. The van der Waals surface area contributed by atoms with Crippen molar-refractivity contribution >= 4 is 73.6 Å². The van der Waals surface area contributed by atoms with Crippen LogP contribution in [0, 0.1) is 0 Å². The molecule has 0 aliphatic carbocycles. The number of thiophene rings is 2. The summed E-state index contributed by atoms with van der Waals surface area (Å²) in [5.74, 6) is -0.824. The van der Waals surface area contributed by atoms with Gasteiger partial charge in [-0.05, 0) is 25.1 Å². The topological polar surface area (TPSA) is 75.4 Å². The molecule has 1 aliphatic heterocycles. The number of nitrogens with two attached hydrogens (primary N) is 1. The van der Waals surface area contributed by atoms with E-state index < -0.39 is 5.91 Å². The SMILES string of the molecule is CN1CCc2c(sc(NC(=O)c3sc4ccccc4c3Cl)c2C(N)=O)C1.Cl. The van der Waals surface area contributed by atoms with E-state index in [9.17, 15) is 9.59 Å². The highest BCUT2D eigenvalue weighted by Gasteiger charge is 2.27. The van der Waals surface area contributed by atoms with Gasteiger partial charge in [-0.1, -0.05) is 29.8 Å². The molecule has 0 unspecified atom stereocenters. The van der Waals surface area contributed by atoms with Crippen LogP contribution in [-0.4, -0.2) is 30.3 Å². The van der Waals surface area contributed by atoms with Crippen molar-refractivity contribution in [1.29, 1.82) is 0 Å². The Bertz CT molecular complexity index is 1040. The van der Waals surface area contributed by atoms with Crippen molar-refractivity contribution in [2.24, 2.45) is 5.73 Å². The lowest BCUT2D eigenvalue weighted by molar-refractivity contribution is 0.1000. The maximum absolute atomic E-state index is 12.8. The first-order chi connectivity index (χ1) is 12.5. The van der Waals surface area contributed by atoms with Crippen molar-refractivity contribution in [2.75, 3.05) is 18.9 Å². The van der Waals surface area contributed by atoms with Crippen LogP contribution in [0.4, 0.5) is 5.00 Å². The molecule has 0 saturated heterocycles. The molecule has 142 valence electrons. The van der Waals surface area contributed by atoms with Crippen LogP contribution in [0.2, 0.25) is 5.02 Å². The van der Waals surface area contributed by atoms with E-state index in [0.717, 1.165) is 40.0 Å². The lowest BCUT2D eigenvalue weighted by Crippen LogP contribution is -2.27. The molecule has 2 amide bonds. The van der Waals surface area contributed by atoms with E-state index in [1.54, 1.807) is 0 Å². The third-order valence-corrected chi connectivity index (χ3v) is 7.27. The van der Waals surface area contributed by atoms with E-state index in [4.69, 9.17) is 17.3 Å². The standard InChI is InChI=1S/C18H16ClN3O2S2.ClH/c1-22-7-6-9-12(8-22)26-18(13(9)16(20)23)21-17(24)15-14(19)10-4-2-3-5-11(10)25-15;/h2-5H,6-8H2,1H3,(H2,20,23)(H,21,24);1H. The Hall–Kier alpha value is -1.64. The van der Waals surface area contributed by atoms with Crippen LogP contribution >= 0.6 is 46.7 Å². The van der Waals surface area contributed by atoms with E-state index in [-0.39, 0.29) is 18.3 Å². The van der Waals surface area contributed by atoms with Crippen LogP contribution in [0.25, 0.3) is 10.1 Å². The monoisotopic (exact) mass is 441 g/mol. The molecule has 0 radical (unpaired) electrons. The van der Waals surface area contributed by atoms with Gasteiger partial charge in [0.15, 0.2) is 0 Å². The number of halogens is 2. The number of benzene rings is 1. The van der Waals surface area contributed by atoms with Gasteiger partial charge in [-0.2, -0.15) is 0 Å². The molecule has 5 nitrogen and oxygen atoms in total. The Labute approximate surface area is 175 Å². The van der Waals surface area contributed by atoms with E-state index in [2.05, 4.69) is 10.2 Å². The molecule has 0 spiro atoms. The van der Waals surface area contributed by atoms with Gasteiger partial charge < -0.3 is 16.0 Å². The first-order valence-corrected chi connectivity index (χ1v) is 10.1. The van der Waals surface area contributed by atoms with Crippen LogP contribution in [0.3, 0.4) is 0 Å². The highest BCUT2D eigenvalue weighted by atomic mass is 35.5. The largest absolute Gasteiger partial charge is 0.365 e. The number of carbonyl (C=O) groups excluding carboxylic acids is 2. The van der Waals surface area contributed by atoms with Crippen molar-refractivity contribution in [2.45, 2.75) is 13.0 Å². The minimum Gasteiger partial charge on any atom is -0.365 e. The summed E-state index contributed by atoms with van der Waals surface area (Å²) in [7, 11) is 2.03. The minimum absolute atomic E-state index is 0. The molecule has 4 rings (SSSR count). The second kappa shape index (κ2) is 7.77. The fourth-order valence-corrected chi connectivity index (χ4v) is 5.94. The Morgan fingerprint density at radius 2 is 2.00 bits per heavy atom. The number of amides is 2. The molecule has 3 N–H and O–H groups in total. The van der Waals surface area contributed by atoms with Crippen LogP contribution in [0.15, 0.2) is 24.3 Å². The third-order valence-electron chi connectivity index (χ3n) is 4.46. The second-order valence-electron chi connectivity index (χ2n) is 6.26. The predicted molar refractivity (Wildman–Crippen MR) is 115 cm³/mol. The van der Waals surface area contributed by atoms with Crippen LogP contribution < -0.4 is 11.1 Å². The Morgan fingerprint density at radius 3 is 2.70 bits per heavy atom. The predicted octanol–water partition coefficient (Wildman–Crippen LogP) is 4.38. The summed E-state index contributed by atoms with van der Waals surface area (Å²) in [5.41, 5.74) is 6.99. The highest BCUT2D eigenvalue weighted by Crippen LogP contribution is 2.39. The molecular formula is C18H17Cl2N3O2S2. The Balaban J connectivity index is 0.00000210. The first kappa shape index (κ1) is 20.1. The molecule has 9 heteroatoms. The van der Waals surface area contributed by atoms with Gasteiger partial charge in [-0.15, -0.1) is 35.1 Å². The van der Waals surface area contributed by atoms with E-state index in [1.807, 2.05) is 31.3 Å². The number of hydrogen-bond acceptors (Lipinski definition) is 5. The summed E-state index contributed by atoms with van der Waals surface area (Å²) in [4.78, 5) is 28.5. The maximum Gasteiger partial charge on any atom is 0.267 e. The summed E-state index contributed by atoms with van der Waals surface area (Å²) in [6, 6.07) is 7.61. The number of anilines is 1. The summed E-state index contributed by atoms with van der Waals surface area (Å²) < 4.78 is 0.949. The zero-order valence-electron chi connectivity index (χ0n) is 14.4. The van der Waals surface area contributed by atoms with E-state index >= 15 is 0 Å². The summed E-state index contributed by atoms with van der Waals surface area (Å²) in [6.45, 7) is 1.61. The molecule has 0 bridgehead atoms. The van der Waals surface area contributed by atoms with Crippen molar-refractivity contribution in [3.63, 3.8) is 0 Å². The lowest BCUT2D eigenvalue weighted by atomic mass is 10.0. The molecule has 2 aromatic heterocycles. The average molecular weight is 442 g/mol. The molecule has 0 atom stereocenters. The number of nitrogens with one attached hydrogen (secondary N) is 1. The van der Waals surface area contributed by atoms with Crippen molar-refractivity contribution in [1.82, 2.24) is 4.90 Å². The molecular weight excluding hydrogens is 425 g/mol. The molecule has 1 aromatic carbocycles. The zero-order valence-corrected chi connectivity index (χ0v) is 17.6. The summed E-state index contributed by atoms with van der Waals surface area (Å²) in [5, 5.41) is 4.67. The lowest BCUT2D eigenvalue weighted by Gasteiger charge is -2.22. The van der Waals surface area contributed by atoms with Gasteiger partial charge in [0.1, 0.15) is 9.88 Å². The van der Waals surface area contributed by atoms with E-state index in [1.165, 1.54) is 22.7 Å². The molecule has 0 fully saturated rings. The maximum atomic E-state index is 12.8. The van der Waals surface area contributed by atoms with Gasteiger partial charge in [-0.25, -0.2) is 0 Å². The Morgan fingerprint density at radius 1 is 1.26 bits per heavy atom. The van der Waals surface area contributed by atoms with Crippen molar-refractivity contribution < 1.29 is 9.59 Å². The van der Waals surface area contributed by atoms with Gasteiger partial charge in [0.25, 0.3) is 11.8 Å². The smallest absolute Gasteiger partial charge is 0.267 e. The van der Waals surface area contributed by atoms with Gasteiger partial charge >= 0.3 is 0 Å². The summed E-state index contributed by atoms with van der Waals surface area (Å²) in [6.07, 6.45) is 0.750. The van der Waals surface area contributed by atoms with Crippen molar-refractivity contribution in [3.05, 3.63) is 50.2 Å². The molecule has 27 heavy (non-hydrogen) atoms. The fraction of sp³-hybridized carbons (Fsp3) is 0.222. The number of nitrogens with zero attached hydrogens (tertiary/aromatic N) is 1. The van der Waals surface area contributed by atoms with Crippen LogP contribution in [0.1, 0.15) is 30.5 Å². The second-order valence-corrected chi connectivity index (χ2v) is 8.79. The molecule has 1 aliphatic rings. The normalized spacial score (nSPS) is 13.9. The third kappa shape index (κ3) is 3.58. The Kier molecular flexibility index (Phi) is 5.79. The van der Waals surface area contributed by atoms with Gasteiger partial charge in [-0.3, -0.25) is 9.59 Å². The van der Waals surface area contributed by atoms with Crippen LogP contribution in [-0.2, 0) is 13.0 Å². The molecule has 3 aromatic rings. The van der Waals surface area contributed by atoms with Gasteiger partial charge in [0.2, 0.25) is 0 Å². The number of rotatable bonds is 3. The van der Waals surface area contributed by atoms with Crippen molar-refractivity contribution in [3.8, 4) is 0 Å².